The summed E-state index contributed by atoms with van der Waals surface area (Å²) in [6, 6.07) is 20.0. The summed E-state index contributed by atoms with van der Waals surface area (Å²) in [4.78, 5) is 29.1. The fourth-order valence-electron chi connectivity index (χ4n) is 4.45. The zero-order valence-corrected chi connectivity index (χ0v) is 25.8. The van der Waals surface area contributed by atoms with E-state index in [-0.39, 0.29) is 17.3 Å². The molecule has 0 heterocycles. The number of carbonyl (C=O) groups is 2. The Labute approximate surface area is 244 Å². The Hall–Kier alpha value is -3.85. The van der Waals surface area contributed by atoms with E-state index >= 15 is 0 Å². The summed E-state index contributed by atoms with van der Waals surface area (Å²) in [6.45, 7) is 10.8. The highest BCUT2D eigenvalue weighted by Gasteiger charge is 2.34. The van der Waals surface area contributed by atoms with Crippen molar-refractivity contribution in [2.45, 2.75) is 71.0 Å². The second-order valence-corrected chi connectivity index (χ2v) is 13.1. The molecule has 1 unspecified atom stereocenters. The number of aryl methyl sites for hydroxylation is 2. The topological polar surface area (TPSA) is 96.0 Å². The van der Waals surface area contributed by atoms with Gasteiger partial charge in [0.15, 0.2) is 0 Å². The number of anilines is 1. The van der Waals surface area contributed by atoms with E-state index in [0.29, 0.717) is 17.9 Å². The van der Waals surface area contributed by atoms with Crippen molar-refractivity contribution in [1.29, 1.82) is 0 Å². The van der Waals surface area contributed by atoms with Gasteiger partial charge in [0, 0.05) is 12.1 Å². The molecule has 3 rings (SSSR count). The van der Waals surface area contributed by atoms with Crippen molar-refractivity contribution in [1.82, 2.24) is 10.2 Å². The SMILES string of the molecule is CCC(C(=O)NC(C)(C)C)N(Cc1ccc(OC)cc1)C(=O)CN(c1cccc(C)c1)S(=O)(=O)c1ccc(C)cc1. The van der Waals surface area contributed by atoms with Crippen molar-refractivity contribution in [3.8, 4) is 5.75 Å². The zero-order valence-electron chi connectivity index (χ0n) is 25.0. The first-order valence-corrected chi connectivity index (χ1v) is 15.1. The van der Waals surface area contributed by atoms with E-state index in [0.717, 1.165) is 21.0 Å². The fraction of sp³-hybridized carbons (Fsp3) is 0.375. The maximum atomic E-state index is 14.2. The van der Waals surface area contributed by atoms with Crippen LogP contribution < -0.4 is 14.4 Å². The van der Waals surface area contributed by atoms with Crippen LogP contribution in [-0.2, 0) is 26.2 Å². The number of sulfonamides is 1. The molecule has 0 aromatic heterocycles. The summed E-state index contributed by atoms with van der Waals surface area (Å²) in [5.74, 6) is -0.127. The van der Waals surface area contributed by atoms with Gasteiger partial charge in [0.05, 0.1) is 17.7 Å². The largest absolute Gasteiger partial charge is 0.497 e. The highest BCUT2D eigenvalue weighted by Crippen LogP contribution is 2.26. The van der Waals surface area contributed by atoms with E-state index in [1.807, 2.05) is 59.7 Å². The Morgan fingerprint density at radius 3 is 2.10 bits per heavy atom. The van der Waals surface area contributed by atoms with E-state index in [9.17, 15) is 18.0 Å². The lowest BCUT2D eigenvalue weighted by Crippen LogP contribution is -2.55. The van der Waals surface area contributed by atoms with Gasteiger partial charge in [0.1, 0.15) is 18.3 Å². The van der Waals surface area contributed by atoms with Gasteiger partial charge in [-0.15, -0.1) is 0 Å². The van der Waals surface area contributed by atoms with Crippen molar-refractivity contribution in [2.24, 2.45) is 0 Å². The van der Waals surface area contributed by atoms with Gasteiger partial charge in [0.25, 0.3) is 10.0 Å². The fourth-order valence-corrected chi connectivity index (χ4v) is 5.86. The van der Waals surface area contributed by atoms with E-state index in [1.165, 1.54) is 4.90 Å². The number of methoxy groups -OCH3 is 1. The molecule has 0 aliphatic heterocycles. The highest BCUT2D eigenvalue weighted by atomic mass is 32.2. The van der Waals surface area contributed by atoms with Crippen LogP contribution in [0.2, 0.25) is 0 Å². The third kappa shape index (κ3) is 8.33. The predicted molar refractivity (Wildman–Crippen MR) is 162 cm³/mol. The third-order valence-electron chi connectivity index (χ3n) is 6.57. The number of nitrogens with one attached hydrogen (secondary N) is 1. The van der Waals surface area contributed by atoms with Crippen LogP contribution in [0.5, 0.6) is 5.75 Å². The van der Waals surface area contributed by atoms with Gasteiger partial charge in [0.2, 0.25) is 11.8 Å². The second-order valence-electron chi connectivity index (χ2n) is 11.2. The molecule has 9 heteroatoms. The lowest BCUT2D eigenvalue weighted by Gasteiger charge is -2.34. The van der Waals surface area contributed by atoms with Crippen LogP contribution in [-0.4, -0.2) is 50.4 Å². The summed E-state index contributed by atoms with van der Waals surface area (Å²) in [5, 5.41) is 2.98. The lowest BCUT2D eigenvalue weighted by molar-refractivity contribution is -0.141. The Morgan fingerprint density at radius 1 is 0.927 bits per heavy atom. The number of nitrogens with zero attached hydrogens (tertiary/aromatic N) is 2. The Bertz CT molecular complexity index is 1450. The third-order valence-corrected chi connectivity index (χ3v) is 8.36. The normalized spacial score (nSPS) is 12.4. The molecule has 8 nitrogen and oxygen atoms in total. The van der Waals surface area contributed by atoms with Crippen LogP contribution >= 0.6 is 0 Å². The van der Waals surface area contributed by atoms with Crippen LogP contribution in [0, 0.1) is 13.8 Å². The molecule has 0 saturated heterocycles. The van der Waals surface area contributed by atoms with Gasteiger partial charge in [-0.1, -0.05) is 48.9 Å². The van der Waals surface area contributed by atoms with Gasteiger partial charge in [-0.2, -0.15) is 0 Å². The van der Waals surface area contributed by atoms with Gasteiger partial charge < -0.3 is 15.0 Å². The molecule has 3 aromatic carbocycles. The van der Waals surface area contributed by atoms with Crippen molar-refractivity contribution >= 4 is 27.5 Å². The molecule has 0 aliphatic rings. The molecule has 2 amide bonds. The van der Waals surface area contributed by atoms with E-state index in [4.69, 9.17) is 4.74 Å². The average molecular weight is 580 g/mol. The zero-order chi connectivity index (χ0) is 30.4. The number of rotatable bonds is 11. The van der Waals surface area contributed by atoms with Crippen molar-refractivity contribution in [2.75, 3.05) is 18.0 Å². The molecule has 1 N–H and O–H groups in total. The second kappa shape index (κ2) is 13.2. The molecule has 0 fully saturated rings. The number of benzene rings is 3. The number of hydrogen-bond acceptors (Lipinski definition) is 5. The number of ether oxygens (including phenoxy) is 1. The average Bonchev–Trinajstić information content (AvgIpc) is 2.91. The minimum Gasteiger partial charge on any atom is -0.497 e. The smallest absolute Gasteiger partial charge is 0.264 e. The number of amides is 2. The number of hydrogen-bond donors (Lipinski definition) is 1. The Kier molecular flexibility index (Phi) is 10.2. The molecule has 0 radical (unpaired) electrons. The summed E-state index contributed by atoms with van der Waals surface area (Å²) < 4.78 is 34.3. The quantitative estimate of drug-likeness (QED) is 0.336. The minimum absolute atomic E-state index is 0.0802. The molecule has 1 atom stereocenters. The maximum Gasteiger partial charge on any atom is 0.264 e. The first-order valence-electron chi connectivity index (χ1n) is 13.7. The Balaban J connectivity index is 2.07. The molecule has 41 heavy (non-hydrogen) atoms. The summed E-state index contributed by atoms with van der Waals surface area (Å²) >= 11 is 0. The first kappa shape index (κ1) is 31.7. The van der Waals surface area contributed by atoms with Crippen LogP contribution in [0.4, 0.5) is 5.69 Å². The number of carbonyl (C=O) groups excluding carboxylic acids is 2. The standard InChI is InChI=1S/C32H41N3O5S/c1-8-29(31(37)33-32(4,5)6)34(21-25-14-16-27(40-7)17-15-25)30(36)22-35(26-11-9-10-24(3)20-26)41(38,39)28-18-12-23(2)13-19-28/h9-20,29H,8,21-22H2,1-7H3,(H,33,37). The lowest BCUT2D eigenvalue weighted by atomic mass is 10.1. The van der Waals surface area contributed by atoms with Gasteiger partial charge >= 0.3 is 0 Å². The summed E-state index contributed by atoms with van der Waals surface area (Å²) in [5.41, 5.74) is 2.41. The Morgan fingerprint density at radius 2 is 1.56 bits per heavy atom. The monoisotopic (exact) mass is 579 g/mol. The summed E-state index contributed by atoms with van der Waals surface area (Å²) in [7, 11) is -2.54. The van der Waals surface area contributed by atoms with E-state index in [1.54, 1.807) is 61.7 Å². The highest BCUT2D eigenvalue weighted by molar-refractivity contribution is 7.92. The molecular weight excluding hydrogens is 538 g/mol. The van der Waals surface area contributed by atoms with Crippen LogP contribution in [0.25, 0.3) is 0 Å². The van der Waals surface area contributed by atoms with Gasteiger partial charge in [-0.25, -0.2) is 8.42 Å². The molecule has 3 aromatic rings. The molecule has 0 bridgehead atoms. The first-order chi connectivity index (χ1) is 19.2. The van der Waals surface area contributed by atoms with Gasteiger partial charge in [-0.05, 0) is 88.6 Å². The van der Waals surface area contributed by atoms with Gasteiger partial charge in [-0.3, -0.25) is 13.9 Å². The van der Waals surface area contributed by atoms with Crippen molar-refractivity contribution < 1.29 is 22.7 Å². The van der Waals surface area contributed by atoms with Crippen LogP contribution in [0.3, 0.4) is 0 Å². The molecule has 0 saturated carbocycles. The maximum absolute atomic E-state index is 14.2. The minimum atomic E-state index is -4.11. The molecular formula is C32H41N3O5S. The van der Waals surface area contributed by atoms with Crippen LogP contribution in [0.1, 0.15) is 50.8 Å². The van der Waals surface area contributed by atoms with E-state index < -0.39 is 34.1 Å². The predicted octanol–water partition coefficient (Wildman–Crippen LogP) is 5.23. The van der Waals surface area contributed by atoms with Crippen LogP contribution in [0.15, 0.2) is 77.7 Å². The molecule has 0 aliphatic carbocycles. The molecule has 220 valence electrons. The summed E-state index contributed by atoms with van der Waals surface area (Å²) in [6.07, 6.45) is 0.346. The van der Waals surface area contributed by atoms with E-state index in [2.05, 4.69) is 5.32 Å². The molecule has 0 spiro atoms. The van der Waals surface area contributed by atoms with Crippen molar-refractivity contribution in [3.05, 3.63) is 89.5 Å². The van der Waals surface area contributed by atoms with Crippen molar-refractivity contribution in [3.63, 3.8) is 0 Å².